The first-order valence-electron chi connectivity index (χ1n) is 47.1. The quantitative estimate of drug-likeness (QED) is 0.0250. The van der Waals surface area contributed by atoms with Gasteiger partial charge in [-0.15, -0.1) is 0 Å². The largest absolute Gasteiger partial charge is 0.427 e. The second kappa shape index (κ2) is 48.6. The summed E-state index contributed by atoms with van der Waals surface area (Å²) in [6, 6.07) is 33.8. The maximum absolute atomic E-state index is 14.7. The van der Waals surface area contributed by atoms with Gasteiger partial charge in [-0.1, -0.05) is 170 Å². The molecule has 0 spiro atoms. The van der Waals surface area contributed by atoms with Crippen LogP contribution in [0, 0.1) is 140 Å². The van der Waals surface area contributed by atoms with Gasteiger partial charge >= 0.3 is 24.4 Å². The fourth-order valence-corrected chi connectivity index (χ4v) is 17.4. The molecular formula is C110H96F28O8. The van der Waals surface area contributed by atoms with Crippen LogP contribution >= 0.6 is 0 Å². The summed E-state index contributed by atoms with van der Waals surface area (Å²) in [4.78, 5) is 0. The van der Waals surface area contributed by atoms with Crippen molar-refractivity contribution in [2.45, 2.75) is 192 Å². The molecule has 0 bridgehead atoms. The van der Waals surface area contributed by atoms with Crippen molar-refractivity contribution < 1.29 is 161 Å². The minimum Gasteiger partial charge on any atom is -0.423 e. The number of unbranched alkanes of at least 4 members (excludes halogenated alkanes) is 3. The molecule has 780 valence electrons. The van der Waals surface area contributed by atoms with Gasteiger partial charge in [-0.3, -0.25) is 0 Å². The van der Waals surface area contributed by atoms with E-state index in [-0.39, 0.29) is 95.2 Å². The second-order valence-electron chi connectivity index (χ2n) is 36.0. The summed E-state index contributed by atoms with van der Waals surface area (Å²) < 4.78 is 432. The monoisotopic (exact) mass is 2080 g/mol. The Kier molecular flexibility index (Phi) is 36.9. The molecule has 0 N–H and O–H groups in total. The Bertz CT molecular complexity index is 6270. The van der Waals surface area contributed by atoms with E-state index < -0.39 is 186 Å². The molecule has 0 amide bonds. The molecule has 4 aliphatic rings. The fourth-order valence-electron chi connectivity index (χ4n) is 17.4. The maximum atomic E-state index is 14.7. The lowest BCUT2D eigenvalue weighted by Crippen LogP contribution is -2.24. The lowest BCUT2D eigenvalue weighted by Gasteiger charge is -2.29. The number of halogens is 28. The van der Waals surface area contributed by atoms with Crippen LogP contribution in [0.3, 0.4) is 0 Å². The van der Waals surface area contributed by atoms with Crippen molar-refractivity contribution in [1.29, 1.82) is 0 Å². The highest BCUT2D eigenvalue weighted by Gasteiger charge is 2.44. The van der Waals surface area contributed by atoms with Crippen LogP contribution in [0.25, 0.3) is 44.5 Å². The van der Waals surface area contributed by atoms with Crippen molar-refractivity contribution in [3.05, 3.63) is 355 Å². The topological polar surface area (TPSA) is 73.8 Å². The molecule has 4 heterocycles. The third-order valence-electron chi connectivity index (χ3n) is 25.6. The van der Waals surface area contributed by atoms with Gasteiger partial charge in [0.25, 0.3) is 0 Å². The van der Waals surface area contributed by atoms with Crippen molar-refractivity contribution in [2.75, 3.05) is 26.4 Å². The zero-order valence-electron chi connectivity index (χ0n) is 78.5. The predicted molar refractivity (Wildman–Crippen MR) is 485 cm³/mol. The van der Waals surface area contributed by atoms with E-state index in [2.05, 4.69) is 46.6 Å². The highest BCUT2D eigenvalue weighted by molar-refractivity contribution is 5.69. The molecular weight excluding hydrogens is 1980 g/mol. The molecule has 8 atom stereocenters. The van der Waals surface area contributed by atoms with Gasteiger partial charge in [0.05, 0.1) is 73.1 Å². The van der Waals surface area contributed by atoms with E-state index in [9.17, 15) is 123 Å². The van der Waals surface area contributed by atoms with Crippen LogP contribution in [0.2, 0.25) is 0 Å². The third kappa shape index (κ3) is 27.6. The van der Waals surface area contributed by atoms with E-state index in [1.165, 1.54) is 25.7 Å². The van der Waals surface area contributed by atoms with Gasteiger partial charge in [-0.2, -0.15) is 35.1 Å². The van der Waals surface area contributed by atoms with Crippen LogP contribution in [0.4, 0.5) is 123 Å². The highest BCUT2D eigenvalue weighted by Crippen LogP contribution is 2.47. The predicted octanol–water partition coefficient (Wildman–Crippen LogP) is 34.6. The van der Waals surface area contributed by atoms with Gasteiger partial charge in [0, 0.05) is 0 Å². The third-order valence-corrected chi connectivity index (χ3v) is 25.6. The van der Waals surface area contributed by atoms with Crippen LogP contribution in [0.1, 0.15) is 212 Å². The molecule has 0 saturated carbocycles. The molecule has 4 saturated heterocycles. The molecule has 146 heavy (non-hydrogen) atoms. The minimum atomic E-state index is -4.55. The molecule has 0 aliphatic carbocycles. The average molecular weight is 2080 g/mol. The molecule has 36 heteroatoms. The van der Waals surface area contributed by atoms with Crippen LogP contribution in [0.5, 0.6) is 23.0 Å². The number of hydrogen-bond donors (Lipinski definition) is 0. The summed E-state index contributed by atoms with van der Waals surface area (Å²) in [6.07, 6.45) is 0.717. The van der Waals surface area contributed by atoms with Gasteiger partial charge in [0.2, 0.25) is 0 Å². The van der Waals surface area contributed by atoms with Crippen molar-refractivity contribution in [3.8, 4) is 67.5 Å². The van der Waals surface area contributed by atoms with Crippen molar-refractivity contribution >= 4 is 0 Å². The molecule has 0 radical (unpaired) electrons. The fraction of sp³-hybridized carbons (Fsp3) is 0.345. The smallest absolute Gasteiger partial charge is 0.423 e. The lowest BCUT2D eigenvalue weighted by atomic mass is 9.90. The van der Waals surface area contributed by atoms with Crippen molar-refractivity contribution in [2.24, 2.45) is 23.7 Å². The standard InChI is InChI=1S/C29H27F7O2.C28H25F7O2.C27H23F7O2.C26H21F7O2/c1-2-3-4-5-17-6-11-26(37-16-17)19-9-7-18(8-10-19)20-12-24(32)28(25(33)13-20)38-29(35,36)21-14-22(30)27(34)23(31)15-21;1-2-3-4-16-5-10-25(36-15-16)18-8-6-17(7-9-18)19-11-23(31)27(24(32)12-19)37-28(34,35)20-13-21(29)26(33)22(30)14-20;1-2-3-15-4-9-24(35-14-15)17-7-5-16(6-8-17)18-10-22(30)26(23(31)11-18)36-27(33,34)19-12-20(28)25(32)21(29)13-19;1-2-14-3-8-23(34-13-14)16-6-4-15(5-7-16)17-9-21(29)25(22(30)10-17)35-26(32,33)18-11-19(27)24(31)20(28)12-18/h7-10,12-15,17,26H,2-6,11,16H2,1H3;6-9,11-14,16,25H,2-5,10,15H2,1H3;5-8,10-13,15,24H,2-4,9,14H2,1H3;4-7,9-12,14,23H,2-3,8,13H2,1H3. The zero-order chi connectivity index (χ0) is 106. The number of hydrogen-bond acceptors (Lipinski definition) is 8. The van der Waals surface area contributed by atoms with Gasteiger partial charge in [0.1, 0.15) is 0 Å². The first-order valence-corrected chi connectivity index (χ1v) is 47.1. The van der Waals surface area contributed by atoms with E-state index in [1.807, 2.05) is 0 Å². The van der Waals surface area contributed by atoms with Crippen LogP contribution in [-0.2, 0) is 43.4 Å². The Morgan fingerprint density at radius 3 is 0.603 bits per heavy atom. The van der Waals surface area contributed by atoms with Crippen molar-refractivity contribution in [1.82, 2.24) is 0 Å². The molecule has 16 rings (SSSR count). The average Bonchev–Trinajstić information content (AvgIpc) is 0.788. The zero-order valence-corrected chi connectivity index (χ0v) is 78.5. The normalized spacial score (nSPS) is 18.2. The van der Waals surface area contributed by atoms with Crippen LogP contribution in [0.15, 0.2) is 194 Å². The first-order chi connectivity index (χ1) is 69.3. The summed E-state index contributed by atoms with van der Waals surface area (Å²) in [6.45, 7) is 11.3. The number of benzene rings is 12. The Morgan fingerprint density at radius 2 is 0.418 bits per heavy atom. The van der Waals surface area contributed by atoms with E-state index >= 15 is 0 Å². The number of ether oxygens (including phenoxy) is 8. The molecule has 4 fully saturated rings. The van der Waals surface area contributed by atoms with E-state index in [0.29, 0.717) is 72.4 Å². The van der Waals surface area contributed by atoms with Gasteiger partial charge in [-0.25, -0.2) is 87.8 Å². The van der Waals surface area contributed by atoms with Crippen LogP contribution < -0.4 is 18.9 Å². The SMILES string of the molecule is CCC1CCC(c2ccc(-c3cc(F)c(OC(F)(F)c4cc(F)c(F)c(F)c4)c(F)c3)cc2)OC1.CCCC1CCC(c2ccc(-c3cc(F)c(OC(F)(F)c4cc(F)c(F)c(F)c4)c(F)c3)cc2)OC1.CCCCC1CCC(c2ccc(-c3cc(F)c(OC(F)(F)c4cc(F)c(F)c(F)c4)c(F)c3)cc2)OC1.CCCCCC1CCC(c2ccc(-c3cc(F)c(OC(F)(F)c4cc(F)c(F)c(F)c4)c(F)c3)cc2)OC1. The molecule has 12 aromatic carbocycles. The summed E-state index contributed by atoms with van der Waals surface area (Å²) in [5.41, 5.74) is -0.0729. The Labute approximate surface area is 821 Å². The second-order valence-corrected chi connectivity index (χ2v) is 36.0. The Hall–Kier alpha value is -12.3. The minimum absolute atomic E-state index is 0.00715. The molecule has 8 unspecified atom stereocenters. The van der Waals surface area contributed by atoms with Gasteiger partial charge in [0.15, 0.2) is 139 Å². The summed E-state index contributed by atoms with van der Waals surface area (Å²) in [5, 5.41) is 0. The summed E-state index contributed by atoms with van der Waals surface area (Å²) in [5.74, 6) is -38.2. The van der Waals surface area contributed by atoms with E-state index in [4.69, 9.17) is 18.9 Å². The molecule has 0 aromatic heterocycles. The number of alkyl halides is 8. The Morgan fingerprint density at radius 1 is 0.219 bits per heavy atom. The Balaban J connectivity index is 0.000000163. The van der Waals surface area contributed by atoms with Crippen LogP contribution in [-0.4, -0.2) is 26.4 Å². The van der Waals surface area contributed by atoms with Gasteiger partial charge < -0.3 is 37.9 Å². The van der Waals surface area contributed by atoms with Crippen molar-refractivity contribution in [3.63, 3.8) is 0 Å². The molecule has 8 nitrogen and oxygen atoms in total. The van der Waals surface area contributed by atoms with Gasteiger partial charge in [-0.05, 0) is 258 Å². The maximum Gasteiger partial charge on any atom is 0.427 e. The first kappa shape index (κ1) is 111. The van der Waals surface area contributed by atoms with E-state index in [0.717, 1.165) is 161 Å². The molecule has 4 aliphatic heterocycles. The lowest BCUT2D eigenvalue weighted by molar-refractivity contribution is -0.189. The number of rotatable bonds is 30. The summed E-state index contributed by atoms with van der Waals surface area (Å²) >= 11 is 0. The van der Waals surface area contributed by atoms with E-state index in [1.54, 1.807) is 97.1 Å². The molecule has 12 aromatic rings. The summed E-state index contributed by atoms with van der Waals surface area (Å²) in [7, 11) is 0. The highest BCUT2D eigenvalue weighted by atomic mass is 19.3.